The van der Waals surface area contributed by atoms with E-state index in [1.165, 1.54) is 6.33 Å². The number of rotatable bonds is 6. The third-order valence-corrected chi connectivity index (χ3v) is 3.94. The highest BCUT2D eigenvalue weighted by Crippen LogP contribution is 2.32. The number of halogens is 1. The van der Waals surface area contributed by atoms with Gasteiger partial charge in [0.15, 0.2) is 0 Å². The zero-order valence-electron chi connectivity index (χ0n) is 13.3. The number of aliphatic hydroxyl groups is 1. The molecule has 0 radical (unpaired) electrons. The first kappa shape index (κ1) is 17.1. The zero-order valence-corrected chi connectivity index (χ0v) is 14.1. The van der Waals surface area contributed by atoms with Gasteiger partial charge < -0.3 is 9.84 Å². The van der Waals surface area contributed by atoms with Gasteiger partial charge in [0, 0.05) is 29.4 Å². The maximum atomic E-state index is 11.1. The fraction of sp³-hybridized carbons (Fsp3) is 0.105. The zero-order chi connectivity index (χ0) is 17.7. The summed E-state index contributed by atoms with van der Waals surface area (Å²) >= 11 is 5.86. The number of ether oxygens (including phenoxy) is 1. The van der Waals surface area contributed by atoms with E-state index in [9.17, 15) is 5.11 Å². The first-order valence-electron chi connectivity index (χ1n) is 7.60. The van der Waals surface area contributed by atoms with Crippen LogP contribution in [-0.4, -0.2) is 20.1 Å². The summed E-state index contributed by atoms with van der Waals surface area (Å²) in [6.07, 6.45) is 8.01. The van der Waals surface area contributed by atoms with E-state index in [0.29, 0.717) is 27.8 Å². The molecule has 1 aromatic carbocycles. The Hall–Kier alpha value is -2.76. The molecule has 0 amide bonds. The molecule has 0 saturated heterocycles. The molecule has 2 aromatic heterocycles. The van der Waals surface area contributed by atoms with Crippen LogP contribution in [0.25, 0.3) is 0 Å². The summed E-state index contributed by atoms with van der Waals surface area (Å²) in [5, 5.41) is 11.7. The van der Waals surface area contributed by atoms with E-state index in [2.05, 4.69) is 21.5 Å². The molecular weight excluding hydrogens is 338 g/mol. The Labute approximate surface area is 150 Å². The highest BCUT2D eigenvalue weighted by atomic mass is 35.5. The van der Waals surface area contributed by atoms with Crippen molar-refractivity contribution in [2.45, 2.75) is 12.0 Å². The number of nitrogens with zero attached hydrogens (tertiary/aromatic N) is 3. The Kier molecular flexibility index (Phi) is 5.07. The molecule has 3 aromatic rings. The standard InChI is InChI=1S/C19H16ClN3O2/c1-2-9-19(24,14-10-21-13-22-11-14)18-8-7-17(12-23-18)25-16-5-3-15(20)4-6-16/h2-8,10-13,24H,1,9H2. The van der Waals surface area contributed by atoms with Crippen LogP contribution in [0.4, 0.5) is 0 Å². The highest BCUT2D eigenvalue weighted by molar-refractivity contribution is 6.30. The summed E-state index contributed by atoms with van der Waals surface area (Å²) in [5.41, 5.74) is -0.332. The normalized spacial score (nSPS) is 13.0. The molecular formula is C19H16ClN3O2. The monoisotopic (exact) mass is 353 g/mol. The van der Waals surface area contributed by atoms with Gasteiger partial charge in [0.2, 0.25) is 0 Å². The molecule has 0 aliphatic heterocycles. The highest BCUT2D eigenvalue weighted by Gasteiger charge is 2.32. The van der Waals surface area contributed by atoms with Gasteiger partial charge in [-0.25, -0.2) is 9.97 Å². The molecule has 1 unspecified atom stereocenters. The van der Waals surface area contributed by atoms with Gasteiger partial charge in [0.25, 0.3) is 0 Å². The van der Waals surface area contributed by atoms with Crippen LogP contribution >= 0.6 is 11.6 Å². The molecule has 3 rings (SSSR count). The predicted molar refractivity (Wildman–Crippen MR) is 95.6 cm³/mol. The maximum Gasteiger partial charge on any atom is 0.145 e. The van der Waals surface area contributed by atoms with Crippen LogP contribution < -0.4 is 4.74 Å². The molecule has 126 valence electrons. The van der Waals surface area contributed by atoms with Gasteiger partial charge in [-0.1, -0.05) is 17.7 Å². The first-order valence-corrected chi connectivity index (χ1v) is 7.98. The van der Waals surface area contributed by atoms with Gasteiger partial charge in [0.05, 0.1) is 11.9 Å². The van der Waals surface area contributed by atoms with Crippen molar-refractivity contribution < 1.29 is 9.84 Å². The molecule has 0 saturated carbocycles. The lowest BCUT2D eigenvalue weighted by Gasteiger charge is -2.26. The van der Waals surface area contributed by atoms with Crippen molar-refractivity contribution in [2.24, 2.45) is 0 Å². The van der Waals surface area contributed by atoms with E-state index in [-0.39, 0.29) is 6.42 Å². The van der Waals surface area contributed by atoms with Crippen molar-refractivity contribution in [3.8, 4) is 11.5 Å². The molecule has 0 fully saturated rings. The average Bonchev–Trinajstić information content (AvgIpc) is 2.65. The first-order chi connectivity index (χ1) is 12.1. The van der Waals surface area contributed by atoms with Crippen molar-refractivity contribution in [3.63, 3.8) is 0 Å². The topological polar surface area (TPSA) is 68.1 Å². The van der Waals surface area contributed by atoms with E-state index in [4.69, 9.17) is 16.3 Å². The largest absolute Gasteiger partial charge is 0.456 e. The summed E-state index contributed by atoms with van der Waals surface area (Å²) in [5.74, 6) is 1.20. The molecule has 2 heterocycles. The molecule has 0 aliphatic carbocycles. The number of hydrogen-bond donors (Lipinski definition) is 1. The van der Waals surface area contributed by atoms with Crippen LogP contribution in [-0.2, 0) is 5.60 Å². The SMILES string of the molecule is C=CCC(O)(c1cncnc1)c1ccc(Oc2ccc(Cl)cc2)cn1. The predicted octanol–water partition coefficient (Wildman–Crippen LogP) is 4.13. The van der Waals surface area contributed by atoms with Gasteiger partial charge in [-0.3, -0.25) is 4.98 Å². The van der Waals surface area contributed by atoms with Gasteiger partial charge in [0.1, 0.15) is 23.4 Å². The van der Waals surface area contributed by atoms with Crippen molar-refractivity contribution in [2.75, 3.05) is 0 Å². The molecule has 5 nitrogen and oxygen atoms in total. The molecule has 6 heteroatoms. The fourth-order valence-electron chi connectivity index (χ4n) is 2.42. The van der Waals surface area contributed by atoms with Crippen molar-refractivity contribution in [3.05, 3.63) is 90.3 Å². The van der Waals surface area contributed by atoms with E-state index in [1.807, 2.05) is 0 Å². The molecule has 1 atom stereocenters. The summed E-state index contributed by atoms with van der Waals surface area (Å²) < 4.78 is 5.72. The second kappa shape index (κ2) is 7.42. The smallest absolute Gasteiger partial charge is 0.145 e. The lowest BCUT2D eigenvalue weighted by atomic mass is 9.88. The summed E-state index contributed by atoms with van der Waals surface area (Å²) in [6.45, 7) is 3.71. The molecule has 25 heavy (non-hydrogen) atoms. The Morgan fingerprint density at radius 2 is 1.72 bits per heavy atom. The quantitative estimate of drug-likeness (QED) is 0.675. The molecule has 0 bridgehead atoms. The number of benzene rings is 1. The van der Waals surface area contributed by atoms with Crippen LogP contribution in [0.1, 0.15) is 17.7 Å². The van der Waals surface area contributed by atoms with Crippen molar-refractivity contribution >= 4 is 11.6 Å². The van der Waals surface area contributed by atoms with Gasteiger partial charge >= 0.3 is 0 Å². The summed E-state index contributed by atoms with van der Waals surface area (Å²) in [6, 6.07) is 10.5. The van der Waals surface area contributed by atoms with Crippen LogP contribution in [0.15, 0.2) is 74.0 Å². The van der Waals surface area contributed by atoms with Crippen molar-refractivity contribution in [1.82, 2.24) is 15.0 Å². The minimum atomic E-state index is -1.35. The van der Waals surface area contributed by atoms with E-state index in [1.54, 1.807) is 61.1 Å². The Morgan fingerprint density at radius 1 is 1.04 bits per heavy atom. The van der Waals surface area contributed by atoms with Gasteiger partial charge in [-0.05, 0) is 36.4 Å². The molecule has 0 aliphatic rings. The third-order valence-electron chi connectivity index (χ3n) is 3.69. The van der Waals surface area contributed by atoms with Gasteiger partial charge in [-0.15, -0.1) is 6.58 Å². The fourth-order valence-corrected chi connectivity index (χ4v) is 2.54. The Balaban J connectivity index is 1.86. The van der Waals surface area contributed by atoms with Crippen LogP contribution in [0.2, 0.25) is 5.02 Å². The van der Waals surface area contributed by atoms with E-state index in [0.717, 1.165) is 0 Å². The lowest BCUT2D eigenvalue weighted by molar-refractivity contribution is 0.0786. The van der Waals surface area contributed by atoms with Crippen molar-refractivity contribution in [1.29, 1.82) is 0 Å². The average molecular weight is 354 g/mol. The summed E-state index contributed by atoms with van der Waals surface area (Å²) in [4.78, 5) is 12.3. The van der Waals surface area contributed by atoms with Crippen LogP contribution in [0.5, 0.6) is 11.5 Å². The number of aromatic nitrogens is 3. The van der Waals surface area contributed by atoms with E-state index < -0.39 is 5.60 Å². The minimum Gasteiger partial charge on any atom is -0.456 e. The van der Waals surface area contributed by atoms with Crippen LogP contribution in [0.3, 0.4) is 0 Å². The molecule has 0 spiro atoms. The lowest BCUT2D eigenvalue weighted by Crippen LogP contribution is -2.28. The maximum absolute atomic E-state index is 11.1. The second-order valence-electron chi connectivity index (χ2n) is 5.42. The van der Waals surface area contributed by atoms with Gasteiger partial charge in [-0.2, -0.15) is 0 Å². The third kappa shape index (κ3) is 3.84. The second-order valence-corrected chi connectivity index (χ2v) is 5.85. The number of hydrogen-bond acceptors (Lipinski definition) is 5. The van der Waals surface area contributed by atoms with E-state index >= 15 is 0 Å². The number of pyridine rings is 1. The molecule has 1 N–H and O–H groups in total. The minimum absolute atomic E-state index is 0.283. The Morgan fingerprint density at radius 3 is 2.32 bits per heavy atom. The summed E-state index contributed by atoms with van der Waals surface area (Å²) in [7, 11) is 0. The van der Waals surface area contributed by atoms with Crippen LogP contribution in [0, 0.1) is 0 Å². The Bertz CT molecular complexity index is 839.